The van der Waals surface area contributed by atoms with Gasteiger partial charge in [-0.1, -0.05) is 25.3 Å². The van der Waals surface area contributed by atoms with Crippen LogP contribution < -0.4 is 10.6 Å². The summed E-state index contributed by atoms with van der Waals surface area (Å²) >= 11 is 6.81. The van der Waals surface area contributed by atoms with Gasteiger partial charge in [-0.2, -0.15) is 0 Å². The summed E-state index contributed by atoms with van der Waals surface area (Å²) < 4.78 is 5.01. The molecule has 4 nitrogen and oxygen atoms in total. The molecule has 0 bridgehead atoms. The van der Waals surface area contributed by atoms with Crippen LogP contribution in [0.2, 0.25) is 0 Å². The highest BCUT2D eigenvalue weighted by Gasteiger charge is 2.25. The monoisotopic (exact) mass is 322 g/mol. The first-order valence-corrected chi connectivity index (χ1v) is 8.14. The van der Waals surface area contributed by atoms with E-state index in [4.69, 9.17) is 12.2 Å². The number of hydrogen-bond acceptors (Lipinski definition) is 4. The minimum absolute atomic E-state index is 0.0609. The first kappa shape index (κ1) is 16.1. The molecule has 0 aliphatic carbocycles. The van der Waals surface area contributed by atoms with Crippen molar-refractivity contribution in [3.05, 3.63) is 18.2 Å². The Morgan fingerprint density at radius 3 is 2.62 bits per heavy atom. The molecule has 2 N–H and O–H groups in total. The van der Waals surface area contributed by atoms with Gasteiger partial charge in [-0.15, -0.1) is 5.10 Å². The van der Waals surface area contributed by atoms with Crippen molar-refractivity contribution in [2.75, 3.05) is 5.32 Å². The van der Waals surface area contributed by atoms with Crippen molar-refractivity contribution >= 4 is 44.8 Å². The molecule has 114 valence electrons. The topological polar surface area (TPSA) is 49.8 Å². The first-order valence-electron chi connectivity index (χ1n) is 6.96. The Morgan fingerprint density at radius 1 is 1.24 bits per heavy atom. The maximum atomic E-state index is 5.42. The highest BCUT2D eigenvalue weighted by Crippen LogP contribution is 2.27. The molecule has 1 aromatic heterocycles. The number of fused-ring (bicyclic) bond motifs is 1. The molecule has 0 saturated heterocycles. The van der Waals surface area contributed by atoms with Crippen LogP contribution in [-0.4, -0.2) is 20.2 Å². The van der Waals surface area contributed by atoms with E-state index >= 15 is 0 Å². The Balaban J connectivity index is 2.00. The van der Waals surface area contributed by atoms with E-state index < -0.39 is 0 Å². The second kappa shape index (κ2) is 5.85. The number of nitrogens with zero attached hydrogens (tertiary/aromatic N) is 2. The predicted octanol–water partition coefficient (Wildman–Crippen LogP) is 4.19. The molecule has 0 fully saturated rings. The molecular weight excluding hydrogens is 300 g/mol. The minimum atomic E-state index is -0.0609. The van der Waals surface area contributed by atoms with Crippen molar-refractivity contribution in [3.63, 3.8) is 0 Å². The molecule has 0 amide bonds. The molecule has 0 aliphatic heterocycles. The summed E-state index contributed by atoms with van der Waals surface area (Å²) in [5.41, 5.74) is 2.01. The molecule has 0 atom stereocenters. The summed E-state index contributed by atoms with van der Waals surface area (Å²) in [4.78, 5) is 0. The maximum absolute atomic E-state index is 5.42. The van der Waals surface area contributed by atoms with Crippen molar-refractivity contribution in [2.45, 2.75) is 46.6 Å². The summed E-state index contributed by atoms with van der Waals surface area (Å²) in [7, 11) is 0. The lowest BCUT2D eigenvalue weighted by atomic mass is 9.82. The number of benzene rings is 1. The predicted molar refractivity (Wildman–Crippen MR) is 94.9 cm³/mol. The van der Waals surface area contributed by atoms with Crippen LogP contribution in [-0.2, 0) is 0 Å². The average molecular weight is 323 g/mol. The van der Waals surface area contributed by atoms with Crippen molar-refractivity contribution in [2.24, 2.45) is 5.41 Å². The Hall–Kier alpha value is -1.27. The fourth-order valence-electron chi connectivity index (χ4n) is 2.70. The van der Waals surface area contributed by atoms with Gasteiger partial charge in [0.1, 0.15) is 5.52 Å². The Labute approximate surface area is 135 Å². The van der Waals surface area contributed by atoms with E-state index in [2.05, 4.69) is 54.8 Å². The third kappa shape index (κ3) is 4.89. The SMILES string of the molecule is CC(C)(C)CC(C)(C)NC(=S)Nc1ccc2snnc2c1. The molecular formula is C15H22N4S2. The van der Waals surface area contributed by atoms with Gasteiger partial charge in [0.2, 0.25) is 0 Å². The van der Waals surface area contributed by atoms with Crippen molar-refractivity contribution in [1.29, 1.82) is 0 Å². The zero-order valence-electron chi connectivity index (χ0n) is 13.2. The smallest absolute Gasteiger partial charge is 0.171 e. The molecule has 0 saturated carbocycles. The molecule has 2 rings (SSSR count). The van der Waals surface area contributed by atoms with E-state index in [1.807, 2.05) is 18.2 Å². The largest absolute Gasteiger partial charge is 0.358 e. The summed E-state index contributed by atoms with van der Waals surface area (Å²) in [5, 5.41) is 11.3. The molecule has 0 radical (unpaired) electrons. The van der Waals surface area contributed by atoms with Crippen molar-refractivity contribution in [1.82, 2.24) is 14.9 Å². The summed E-state index contributed by atoms with van der Waals surface area (Å²) in [5.74, 6) is 0. The number of hydrogen-bond donors (Lipinski definition) is 2. The van der Waals surface area contributed by atoms with Crippen LogP contribution in [0.4, 0.5) is 5.69 Å². The standard InChI is InChI=1S/C15H22N4S2/c1-14(2,3)9-15(4,5)17-13(20)16-10-6-7-12-11(8-10)18-19-21-12/h6-8H,9H2,1-5H3,(H2,16,17,20). The molecule has 21 heavy (non-hydrogen) atoms. The minimum Gasteiger partial charge on any atom is -0.358 e. The van der Waals surface area contributed by atoms with Crippen LogP contribution in [0.5, 0.6) is 0 Å². The van der Waals surface area contributed by atoms with Gasteiger partial charge in [0.25, 0.3) is 0 Å². The van der Waals surface area contributed by atoms with Gasteiger partial charge < -0.3 is 10.6 Å². The normalized spacial score (nSPS) is 12.4. The molecule has 1 heterocycles. The van der Waals surface area contributed by atoms with E-state index in [0.29, 0.717) is 5.11 Å². The van der Waals surface area contributed by atoms with Gasteiger partial charge in [-0.3, -0.25) is 0 Å². The lowest BCUT2D eigenvalue weighted by molar-refractivity contribution is 0.268. The summed E-state index contributed by atoms with van der Waals surface area (Å²) in [6.45, 7) is 11.0. The van der Waals surface area contributed by atoms with Crippen molar-refractivity contribution in [3.8, 4) is 0 Å². The third-order valence-electron chi connectivity index (χ3n) is 2.93. The third-order valence-corrected chi connectivity index (χ3v) is 3.84. The highest BCUT2D eigenvalue weighted by atomic mass is 32.1. The lowest BCUT2D eigenvalue weighted by Crippen LogP contribution is -2.47. The summed E-state index contributed by atoms with van der Waals surface area (Å²) in [6.07, 6.45) is 1.02. The summed E-state index contributed by atoms with van der Waals surface area (Å²) in [6, 6.07) is 5.96. The van der Waals surface area contributed by atoms with Crippen LogP contribution >= 0.6 is 23.8 Å². The molecule has 0 aliphatic rings. The van der Waals surface area contributed by atoms with Crippen LogP contribution in [0.1, 0.15) is 41.0 Å². The van der Waals surface area contributed by atoms with E-state index in [1.165, 1.54) is 11.5 Å². The molecule has 0 spiro atoms. The highest BCUT2D eigenvalue weighted by molar-refractivity contribution is 7.80. The fourth-order valence-corrected chi connectivity index (χ4v) is 3.63. The fraction of sp³-hybridized carbons (Fsp3) is 0.533. The molecule has 2 aromatic rings. The second-order valence-corrected chi connectivity index (χ2v) is 8.35. The van der Waals surface area contributed by atoms with E-state index in [-0.39, 0.29) is 11.0 Å². The Kier molecular flexibility index (Phi) is 4.49. The quantitative estimate of drug-likeness (QED) is 0.830. The number of anilines is 1. The van der Waals surface area contributed by atoms with Crippen molar-refractivity contribution < 1.29 is 0 Å². The average Bonchev–Trinajstić information content (AvgIpc) is 2.71. The van der Waals surface area contributed by atoms with Crippen LogP contribution in [0.25, 0.3) is 10.2 Å². The van der Waals surface area contributed by atoms with Gasteiger partial charge in [0.15, 0.2) is 5.11 Å². The Morgan fingerprint density at radius 2 is 1.95 bits per heavy atom. The van der Waals surface area contributed by atoms with Gasteiger partial charge >= 0.3 is 0 Å². The molecule has 0 unspecified atom stereocenters. The zero-order chi connectivity index (χ0) is 15.7. The zero-order valence-corrected chi connectivity index (χ0v) is 14.8. The van der Waals surface area contributed by atoms with Gasteiger partial charge in [-0.05, 0) is 67.6 Å². The van der Waals surface area contributed by atoms with E-state index in [0.717, 1.165) is 22.3 Å². The number of aromatic nitrogens is 2. The number of nitrogens with one attached hydrogen (secondary N) is 2. The molecule has 6 heteroatoms. The van der Waals surface area contributed by atoms with Crippen LogP contribution in [0, 0.1) is 5.41 Å². The van der Waals surface area contributed by atoms with Gasteiger partial charge in [0, 0.05) is 11.2 Å². The molecule has 1 aromatic carbocycles. The van der Waals surface area contributed by atoms with Gasteiger partial charge in [0.05, 0.1) is 4.70 Å². The number of rotatable bonds is 3. The van der Waals surface area contributed by atoms with E-state index in [9.17, 15) is 0 Å². The lowest BCUT2D eigenvalue weighted by Gasteiger charge is -2.34. The second-order valence-electron chi connectivity index (χ2n) is 7.16. The first-order chi connectivity index (χ1) is 9.65. The maximum Gasteiger partial charge on any atom is 0.171 e. The van der Waals surface area contributed by atoms with Crippen LogP contribution in [0.3, 0.4) is 0 Å². The van der Waals surface area contributed by atoms with Gasteiger partial charge in [-0.25, -0.2) is 0 Å². The number of thiocarbonyl (C=S) groups is 1. The van der Waals surface area contributed by atoms with Crippen LogP contribution in [0.15, 0.2) is 18.2 Å². The van der Waals surface area contributed by atoms with E-state index in [1.54, 1.807) is 0 Å². The Bertz CT molecular complexity index is 640.